The van der Waals surface area contributed by atoms with Crippen molar-refractivity contribution in [2.45, 2.75) is 84.3 Å². The molecule has 0 aliphatic carbocycles. The highest BCUT2D eigenvalue weighted by molar-refractivity contribution is 5.70. The van der Waals surface area contributed by atoms with Crippen LogP contribution in [0.15, 0.2) is 0 Å². The number of rotatable bonds is 8. The van der Waals surface area contributed by atoms with E-state index in [1.165, 1.54) is 25.7 Å². The molecule has 0 aliphatic heterocycles. The van der Waals surface area contributed by atoms with E-state index in [1.807, 2.05) is 20.8 Å². The van der Waals surface area contributed by atoms with Gasteiger partial charge >= 0.3 is 5.97 Å². The fourth-order valence-corrected chi connectivity index (χ4v) is 1.71. The molecule has 2 N–H and O–H groups in total. The summed E-state index contributed by atoms with van der Waals surface area (Å²) in [5, 5.41) is 0. The molecule has 17 heavy (non-hydrogen) atoms. The molecule has 0 fully saturated rings. The maximum atomic E-state index is 11.5. The van der Waals surface area contributed by atoms with Gasteiger partial charge in [0.1, 0.15) is 5.60 Å². The Kier molecular flexibility index (Phi) is 8.23. The minimum Gasteiger partial charge on any atom is -0.460 e. The van der Waals surface area contributed by atoms with Gasteiger partial charge in [0.05, 0.1) is 6.42 Å². The van der Waals surface area contributed by atoms with Crippen molar-refractivity contribution in [2.24, 2.45) is 5.73 Å². The van der Waals surface area contributed by atoms with Gasteiger partial charge in [-0.15, -0.1) is 0 Å². The van der Waals surface area contributed by atoms with Crippen LogP contribution in [-0.4, -0.2) is 17.6 Å². The van der Waals surface area contributed by atoms with Gasteiger partial charge in [-0.3, -0.25) is 4.79 Å². The molecule has 0 unspecified atom stereocenters. The second-order valence-corrected chi connectivity index (χ2v) is 5.75. The lowest BCUT2D eigenvalue weighted by atomic mass is 10.0. The Morgan fingerprint density at radius 2 is 1.76 bits per heavy atom. The first-order valence-electron chi connectivity index (χ1n) is 6.82. The van der Waals surface area contributed by atoms with Crippen molar-refractivity contribution in [1.29, 1.82) is 0 Å². The number of esters is 1. The van der Waals surface area contributed by atoms with Gasteiger partial charge in [-0.25, -0.2) is 0 Å². The number of carbonyl (C=O) groups excluding carboxylic acids is 1. The van der Waals surface area contributed by atoms with Gasteiger partial charge in [0.2, 0.25) is 0 Å². The Bertz CT molecular complexity index is 209. The highest BCUT2D eigenvalue weighted by Gasteiger charge is 2.18. The van der Waals surface area contributed by atoms with Crippen LogP contribution in [0.2, 0.25) is 0 Å². The Hall–Kier alpha value is -0.570. The van der Waals surface area contributed by atoms with E-state index < -0.39 is 5.60 Å². The first-order chi connectivity index (χ1) is 7.85. The van der Waals surface area contributed by atoms with Crippen LogP contribution in [0, 0.1) is 0 Å². The SMILES string of the molecule is CCCCCCC[C@@H](N)CC(=O)OC(C)(C)C. The number of carbonyl (C=O) groups is 1. The largest absolute Gasteiger partial charge is 0.460 e. The summed E-state index contributed by atoms with van der Waals surface area (Å²) in [5.74, 6) is -0.182. The maximum Gasteiger partial charge on any atom is 0.307 e. The van der Waals surface area contributed by atoms with E-state index in [-0.39, 0.29) is 12.0 Å². The molecule has 0 aromatic carbocycles. The average molecular weight is 243 g/mol. The van der Waals surface area contributed by atoms with Crippen LogP contribution in [0.5, 0.6) is 0 Å². The second-order valence-electron chi connectivity index (χ2n) is 5.75. The summed E-state index contributed by atoms with van der Waals surface area (Å²) >= 11 is 0. The van der Waals surface area contributed by atoms with Crippen molar-refractivity contribution in [3.8, 4) is 0 Å². The predicted octanol–water partition coefficient (Wildman–Crippen LogP) is 3.41. The Morgan fingerprint density at radius 3 is 2.29 bits per heavy atom. The minimum absolute atomic E-state index is 0.0496. The predicted molar refractivity (Wildman–Crippen MR) is 71.8 cm³/mol. The lowest BCUT2D eigenvalue weighted by Crippen LogP contribution is -2.30. The molecule has 0 saturated heterocycles. The summed E-state index contributed by atoms with van der Waals surface area (Å²) in [4.78, 5) is 11.5. The van der Waals surface area contributed by atoms with Crippen LogP contribution in [0.4, 0.5) is 0 Å². The number of ether oxygens (including phenoxy) is 1. The molecule has 0 saturated carbocycles. The van der Waals surface area contributed by atoms with Gasteiger partial charge < -0.3 is 10.5 Å². The van der Waals surface area contributed by atoms with E-state index in [4.69, 9.17) is 10.5 Å². The summed E-state index contributed by atoms with van der Waals surface area (Å²) in [6, 6.07) is -0.0496. The molecule has 3 heteroatoms. The molecule has 0 heterocycles. The normalized spacial score (nSPS) is 13.5. The van der Waals surface area contributed by atoms with E-state index in [2.05, 4.69) is 6.92 Å². The van der Waals surface area contributed by atoms with E-state index in [0.717, 1.165) is 12.8 Å². The number of hydrogen-bond acceptors (Lipinski definition) is 3. The zero-order chi connectivity index (χ0) is 13.3. The number of hydrogen-bond donors (Lipinski definition) is 1. The maximum absolute atomic E-state index is 11.5. The second kappa shape index (κ2) is 8.51. The molecular formula is C14H29NO2. The zero-order valence-corrected chi connectivity index (χ0v) is 11.9. The van der Waals surface area contributed by atoms with Crippen LogP contribution in [0.3, 0.4) is 0 Å². The molecule has 0 amide bonds. The molecule has 0 bridgehead atoms. The molecule has 0 radical (unpaired) electrons. The summed E-state index contributed by atoms with van der Waals surface area (Å²) in [5.41, 5.74) is 5.50. The molecule has 0 spiro atoms. The van der Waals surface area contributed by atoms with Crippen LogP contribution >= 0.6 is 0 Å². The molecule has 102 valence electrons. The van der Waals surface area contributed by atoms with Gasteiger partial charge in [0.15, 0.2) is 0 Å². The molecular weight excluding hydrogens is 214 g/mol. The highest BCUT2D eigenvalue weighted by atomic mass is 16.6. The van der Waals surface area contributed by atoms with Crippen LogP contribution in [0.25, 0.3) is 0 Å². The lowest BCUT2D eigenvalue weighted by molar-refractivity contribution is -0.155. The van der Waals surface area contributed by atoms with Crippen molar-refractivity contribution >= 4 is 5.97 Å². The lowest BCUT2D eigenvalue weighted by Gasteiger charge is -2.20. The third-order valence-electron chi connectivity index (χ3n) is 2.53. The van der Waals surface area contributed by atoms with Crippen molar-refractivity contribution in [3.05, 3.63) is 0 Å². The molecule has 0 aliphatic rings. The molecule has 0 rings (SSSR count). The Labute approximate surface area is 106 Å². The Morgan fingerprint density at radius 1 is 1.18 bits per heavy atom. The van der Waals surface area contributed by atoms with Crippen molar-refractivity contribution in [1.82, 2.24) is 0 Å². The quantitative estimate of drug-likeness (QED) is 0.525. The number of nitrogens with two attached hydrogens (primary N) is 1. The van der Waals surface area contributed by atoms with Crippen LogP contribution in [0.1, 0.15) is 72.6 Å². The van der Waals surface area contributed by atoms with Gasteiger partial charge in [-0.2, -0.15) is 0 Å². The summed E-state index contributed by atoms with van der Waals surface area (Å²) in [6.45, 7) is 7.83. The fraction of sp³-hybridized carbons (Fsp3) is 0.929. The average Bonchev–Trinajstić information content (AvgIpc) is 2.14. The smallest absolute Gasteiger partial charge is 0.307 e. The van der Waals surface area contributed by atoms with E-state index in [0.29, 0.717) is 6.42 Å². The van der Waals surface area contributed by atoms with Gasteiger partial charge in [0.25, 0.3) is 0 Å². The van der Waals surface area contributed by atoms with E-state index in [1.54, 1.807) is 0 Å². The summed E-state index contributed by atoms with van der Waals surface area (Å²) < 4.78 is 5.23. The monoisotopic (exact) mass is 243 g/mol. The Balaban J connectivity index is 3.57. The molecule has 1 atom stereocenters. The molecule has 0 aromatic heterocycles. The first kappa shape index (κ1) is 16.4. The van der Waals surface area contributed by atoms with E-state index >= 15 is 0 Å². The third-order valence-corrected chi connectivity index (χ3v) is 2.53. The van der Waals surface area contributed by atoms with Crippen molar-refractivity contribution in [3.63, 3.8) is 0 Å². The van der Waals surface area contributed by atoms with Crippen LogP contribution in [-0.2, 0) is 9.53 Å². The zero-order valence-electron chi connectivity index (χ0n) is 11.9. The first-order valence-corrected chi connectivity index (χ1v) is 6.82. The van der Waals surface area contributed by atoms with Gasteiger partial charge in [0, 0.05) is 6.04 Å². The van der Waals surface area contributed by atoms with Gasteiger partial charge in [-0.1, -0.05) is 39.0 Å². The topological polar surface area (TPSA) is 52.3 Å². The van der Waals surface area contributed by atoms with Crippen molar-refractivity contribution < 1.29 is 9.53 Å². The summed E-state index contributed by atoms with van der Waals surface area (Å²) in [7, 11) is 0. The molecule has 3 nitrogen and oxygen atoms in total. The summed E-state index contributed by atoms with van der Waals surface area (Å²) in [6.07, 6.45) is 7.41. The van der Waals surface area contributed by atoms with Crippen LogP contribution < -0.4 is 5.73 Å². The minimum atomic E-state index is -0.405. The van der Waals surface area contributed by atoms with Gasteiger partial charge in [-0.05, 0) is 27.2 Å². The fourth-order valence-electron chi connectivity index (χ4n) is 1.71. The van der Waals surface area contributed by atoms with E-state index in [9.17, 15) is 4.79 Å². The highest BCUT2D eigenvalue weighted by Crippen LogP contribution is 2.12. The third kappa shape index (κ3) is 11.7. The molecule has 0 aromatic rings. The number of unbranched alkanes of at least 4 members (excludes halogenated alkanes) is 4. The standard InChI is InChI=1S/C14H29NO2/c1-5-6-7-8-9-10-12(15)11-13(16)17-14(2,3)4/h12H,5-11,15H2,1-4H3/t12-/m1/s1. The van der Waals surface area contributed by atoms with Crippen molar-refractivity contribution in [2.75, 3.05) is 0 Å².